The maximum absolute atomic E-state index is 14.4. The van der Waals surface area contributed by atoms with Crippen molar-refractivity contribution < 1.29 is 4.79 Å². The number of hydrogen-bond donors (Lipinski definition) is 0. The molecule has 32 heavy (non-hydrogen) atoms. The van der Waals surface area contributed by atoms with Crippen LogP contribution in [0.25, 0.3) is 0 Å². The minimum Gasteiger partial charge on any atom is -0.291 e. The summed E-state index contributed by atoms with van der Waals surface area (Å²) in [6.07, 6.45) is 13.8. The van der Waals surface area contributed by atoms with E-state index in [1.54, 1.807) is 0 Å². The van der Waals surface area contributed by atoms with Crippen LogP contribution >= 0.6 is 0 Å². The number of fused-ring (bicyclic) bond motifs is 2. The van der Waals surface area contributed by atoms with E-state index in [4.69, 9.17) is 0 Å². The van der Waals surface area contributed by atoms with E-state index in [1.807, 2.05) is 0 Å². The maximum atomic E-state index is 14.4. The van der Waals surface area contributed by atoms with Crippen molar-refractivity contribution in [1.29, 1.82) is 0 Å². The molecule has 172 valence electrons. The number of carbonyl (C=O) groups excluding carboxylic acids is 1. The third-order valence-electron chi connectivity index (χ3n) is 7.42. The average molecular weight is 433 g/mol. The highest BCUT2D eigenvalue weighted by Crippen LogP contribution is 2.38. The summed E-state index contributed by atoms with van der Waals surface area (Å²) in [6.45, 7) is 4.51. The molecular weight excluding hydrogens is 392 g/mol. The Morgan fingerprint density at radius 1 is 0.719 bits per heavy atom. The molecule has 2 unspecified atom stereocenters. The lowest BCUT2D eigenvalue weighted by Gasteiger charge is -2.44. The Bertz CT molecular complexity index is 821. The first kappa shape index (κ1) is 22.9. The van der Waals surface area contributed by atoms with Crippen LogP contribution in [0.1, 0.15) is 89.2 Å². The van der Waals surface area contributed by atoms with E-state index in [0.29, 0.717) is 12.1 Å². The molecule has 0 saturated carbocycles. The summed E-state index contributed by atoms with van der Waals surface area (Å²) in [4.78, 5) is 18.8. The molecule has 2 atom stereocenters. The fraction of sp³-hybridized carbons (Fsp3) is 0.552. The number of amides is 2. The SMILES string of the molecule is CCCCCC1CCc2ccccc2N1C(=O)N1c2ccccc2CCC1CCCCC. The summed E-state index contributed by atoms with van der Waals surface area (Å²) in [5.41, 5.74) is 4.92. The summed E-state index contributed by atoms with van der Waals surface area (Å²) in [6, 6.07) is 18.0. The number of aryl methyl sites for hydroxylation is 2. The van der Waals surface area contributed by atoms with Crippen LogP contribution in [0.3, 0.4) is 0 Å². The zero-order valence-corrected chi connectivity index (χ0v) is 20.1. The van der Waals surface area contributed by atoms with Crippen molar-refractivity contribution in [3.05, 3.63) is 59.7 Å². The molecule has 2 aromatic rings. The van der Waals surface area contributed by atoms with Crippen LogP contribution in [0, 0.1) is 0 Å². The van der Waals surface area contributed by atoms with Gasteiger partial charge in [-0.3, -0.25) is 9.80 Å². The fourth-order valence-electron chi connectivity index (χ4n) is 5.65. The topological polar surface area (TPSA) is 23.6 Å². The minimum atomic E-state index is 0.201. The number of rotatable bonds is 8. The van der Waals surface area contributed by atoms with Gasteiger partial charge in [-0.15, -0.1) is 0 Å². The second-order valence-corrected chi connectivity index (χ2v) is 9.66. The Hall–Kier alpha value is -2.29. The summed E-state index contributed by atoms with van der Waals surface area (Å²) < 4.78 is 0. The van der Waals surface area contributed by atoms with Crippen molar-refractivity contribution in [1.82, 2.24) is 0 Å². The molecule has 0 spiro atoms. The second-order valence-electron chi connectivity index (χ2n) is 9.66. The first-order chi connectivity index (χ1) is 15.7. The monoisotopic (exact) mass is 432 g/mol. The lowest BCUT2D eigenvalue weighted by Crippen LogP contribution is -2.55. The van der Waals surface area contributed by atoms with Gasteiger partial charge in [-0.1, -0.05) is 88.8 Å². The van der Waals surface area contributed by atoms with Gasteiger partial charge in [0.15, 0.2) is 0 Å². The van der Waals surface area contributed by atoms with Crippen LogP contribution in [0.2, 0.25) is 0 Å². The first-order valence-corrected chi connectivity index (χ1v) is 13.0. The summed E-state index contributed by atoms with van der Waals surface area (Å²) in [5, 5.41) is 0. The molecule has 0 aromatic heterocycles. The van der Waals surface area contributed by atoms with Gasteiger partial charge < -0.3 is 0 Å². The zero-order chi connectivity index (χ0) is 22.3. The van der Waals surface area contributed by atoms with E-state index < -0.39 is 0 Å². The molecule has 4 rings (SSSR count). The van der Waals surface area contributed by atoms with Crippen LogP contribution in [0.15, 0.2) is 48.5 Å². The van der Waals surface area contributed by atoms with Gasteiger partial charge in [0, 0.05) is 23.5 Å². The van der Waals surface area contributed by atoms with E-state index in [1.165, 1.54) is 49.7 Å². The number of hydrogen-bond acceptors (Lipinski definition) is 1. The van der Waals surface area contributed by atoms with E-state index in [2.05, 4.69) is 72.2 Å². The molecule has 2 aromatic carbocycles. The molecule has 3 nitrogen and oxygen atoms in total. The van der Waals surface area contributed by atoms with Gasteiger partial charge in [0.05, 0.1) is 0 Å². The largest absolute Gasteiger partial charge is 0.329 e. The molecular formula is C29H40N2O. The summed E-state index contributed by atoms with van der Waals surface area (Å²) in [7, 11) is 0. The highest BCUT2D eigenvalue weighted by atomic mass is 16.2. The van der Waals surface area contributed by atoms with Gasteiger partial charge in [-0.05, 0) is 61.8 Å². The number of anilines is 2. The lowest BCUT2D eigenvalue weighted by atomic mass is 9.90. The predicted molar refractivity (Wildman–Crippen MR) is 136 cm³/mol. The molecule has 0 N–H and O–H groups in total. The Balaban J connectivity index is 1.68. The van der Waals surface area contributed by atoms with Gasteiger partial charge in [0.2, 0.25) is 0 Å². The van der Waals surface area contributed by atoms with Crippen LogP contribution in [-0.4, -0.2) is 18.1 Å². The van der Waals surface area contributed by atoms with Gasteiger partial charge in [-0.25, -0.2) is 4.79 Å². The zero-order valence-electron chi connectivity index (χ0n) is 20.1. The van der Waals surface area contributed by atoms with Crippen molar-refractivity contribution in [2.45, 2.75) is 103 Å². The normalized spacial score (nSPS) is 20.1. The Labute approximate surface area is 194 Å². The Morgan fingerprint density at radius 2 is 1.16 bits per heavy atom. The number of para-hydroxylation sites is 2. The maximum Gasteiger partial charge on any atom is 0.329 e. The number of benzene rings is 2. The Morgan fingerprint density at radius 3 is 1.59 bits per heavy atom. The van der Waals surface area contributed by atoms with Crippen molar-refractivity contribution in [2.24, 2.45) is 0 Å². The quantitative estimate of drug-likeness (QED) is 0.389. The van der Waals surface area contributed by atoms with Crippen molar-refractivity contribution in [3.63, 3.8) is 0 Å². The molecule has 2 aliphatic heterocycles. The first-order valence-electron chi connectivity index (χ1n) is 13.0. The highest BCUT2D eigenvalue weighted by Gasteiger charge is 2.38. The number of carbonyl (C=O) groups is 1. The molecule has 0 saturated heterocycles. The van der Waals surface area contributed by atoms with Crippen LogP contribution in [0.5, 0.6) is 0 Å². The van der Waals surface area contributed by atoms with Gasteiger partial charge in [0.1, 0.15) is 0 Å². The lowest BCUT2D eigenvalue weighted by molar-refractivity contribution is 0.243. The van der Waals surface area contributed by atoms with E-state index in [-0.39, 0.29) is 6.03 Å². The number of unbranched alkanes of at least 4 members (excludes halogenated alkanes) is 4. The molecule has 0 aliphatic carbocycles. The van der Waals surface area contributed by atoms with E-state index >= 15 is 0 Å². The molecule has 0 radical (unpaired) electrons. The van der Waals surface area contributed by atoms with Crippen molar-refractivity contribution >= 4 is 17.4 Å². The van der Waals surface area contributed by atoms with Crippen LogP contribution in [-0.2, 0) is 12.8 Å². The standard InChI is InChI=1S/C29H40N2O/c1-3-5-7-15-25-21-19-23-13-9-11-17-27(23)30(25)29(32)31-26(16-8-6-4-2)22-20-24-14-10-12-18-28(24)31/h9-14,17-18,25-26H,3-8,15-16,19-22H2,1-2H3. The Kier molecular flexibility index (Phi) is 7.89. The molecule has 2 amide bonds. The van der Waals surface area contributed by atoms with Gasteiger partial charge in [0.25, 0.3) is 0 Å². The third kappa shape index (κ3) is 4.87. The predicted octanol–water partition coefficient (Wildman–Crippen LogP) is 7.91. The van der Waals surface area contributed by atoms with Crippen LogP contribution in [0.4, 0.5) is 16.2 Å². The fourth-order valence-corrected chi connectivity index (χ4v) is 5.65. The smallest absolute Gasteiger partial charge is 0.291 e. The minimum absolute atomic E-state index is 0.201. The molecule has 2 heterocycles. The number of urea groups is 1. The van der Waals surface area contributed by atoms with Gasteiger partial charge >= 0.3 is 6.03 Å². The third-order valence-corrected chi connectivity index (χ3v) is 7.42. The van der Waals surface area contributed by atoms with E-state index in [9.17, 15) is 4.79 Å². The number of nitrogens with zero attached hydrogens (tertiary/aromatic N) is 2. The molecule has 2 aliphatic rings. The summed E-state index contributed by atoms with van der Waals surface area (Å²) in [5.74, 6) is 0. The molecule has 0 bridgehead atoms. The second kappa shape index (κ2) is 11.0. The van der Waals surface area contributed by atoms with E-state index in [0.717, 1.165) is 49.9 Å². The molecule has 3 heteroatoms. The summed E-state index contributed by atoms with van der Waals surface area (Å²) >= 11 is 0. The van der Waals surface area contributed by atoms with Gasteiger partial charge in [-0.2, -0.15) is 0 Å². The van der Waals surface area contributed by atoms with Crippen LogP contribution < -0.4 is 9.80 Å². The average Bonchev–Trinajstić information content (AvgIpc) is 2.83. The van der Waals surface area contributed by atoms with Crippen molar-refractivity contribution in [2.75, 3.05) is 9.80 Å². The highest BCUT2D eigenvalue weighted by molar-refractivity contribution is 6.05. The van der Waals surface area contributed by atoms with Crippen molar-refractivity contribution in [3.8, 4) is 0 Å². The molecule has 0 fully saturated rings.